The number of amidine groups is 1. The van der Waals surface area contributed by atoms with E-state index in [1.807, 2.05) is 32.2 Å². The van der Waals surface area contributed by atoms with Crippen LogP contribution in [-0.4, -0.2) is 78.5 Å². The third kappa shape index (κ3) is 7.00. The van der Waals surface area contributed by atoms with Gasteiger partial charge in [-0.3, -0.25) is 14.4 Å². The molecular formula is C23H30N6O3. The minimum absolute atomic E-state index is 0.0161. The molecule has 1 unspecified atom stereocenters. The van der Waals surface area contributed by atoms with Gasteiger partial charge in [0.2, 0.25) is 5.78 Å². The van der Waals surface area contributed by atoms with E-state index in [0.717, 1.165) is 30.1 Å². The van der Waals surface area contributed by atoms with Crippen molar-refractivity contribution >= 4 is 23.8 Å². The molecule has 9 heteroatoms. The van der Waals surface area contributed by atoms with E-state index >= 15 is 0 Å². The van der Waals surface area contributed by atoms with Crippen LogP contribution >= 0.6 is 0 Å². The van der Waals surface area contributed by atoms with E-state index < -0.39 is 11.7 Å². The number of benzene rings is 2. The number of hydrazone groups is 1. The molecule has 1 saturated heterocycles. The molecule has 2 aromatic carbocycles. The van der Waals surface area contributed by atoms with Crippen molar-refractivity contribution in [2.45, 2.75) is 13.0 Å². The summed E-state index contributed by atoms with van der Waals surface area (Å²) in [6.45, 7) is 4.03. The van der Waals surface area contributed by atoms with Crippen molar-refractivity contribution in [1.29, 1.82) is 0 Å². The van der Waals surface area contributed by atoms with Gasteiger partial charge in [-0.05, 0) is 14.0 Å². The van der Waals surface area contributed by atoms with Crippen LogP contribution in [0.4, 0.5) is 0 Å². The van der Waals surface area contributed by atoms with E-state index in [4.69, 9.17) is 11.6 Å². The average molecular weight is 439 g/mol. The van der Waals surface area contributed by atoms with E-state index in [0.29, 0.717) is 17.7 Å². The number of amides is 1. The van der Waals surface area contributed by atoms with Gasteiger partial charge in [0.25, 0.3) is 5.91 Å². The van der Waals surface area contributed by atoms with E-state index in [1.165, 1.54) is 0 Å². The lowest BCUT2D eigenvalue weighted by Crippen LogP contribution is -2.54. The number of nitrogens with two attached hydrogens (primary N) is 2. The molecule has 0 aromatic heterocycles. The Hall–Kier alpha value is -3.56. The normalized spacial score (nSPS) is 16.6. The van der Waals surface area contributed by atoms with Crippen LogP contribution in [0.1, 0.15) is 33.2 Å². The second kappa shape index (κ2) is 11.7. The Morgan fingerprint density at radius 3 is 2.16 bits per heavy atom. The SMILES string of the molecule is CC1CN(C)CCN1C(=O)C(=O)c1ccc(/C(N)=N/N(C)N)cc1.O=Cc1ccccc1. The van der Waals surface area contributed by atoms with Crippen LogP contribution in [0, 0.1) is 0 Å². The molecule has 1 aliphatic rings. The van der Waals surface area contributed by atoms with Crippen molar-refractivity contribution in [2.75, 3.05) is 33.7 Å². The lowest BCUT2D eigenvalue weighted by atomic mass is 10.1. The van der Waals surface area contributed by atoms with Crippen LogP contribution in [0.15, 0.2) is 59.7 Å². The van der Waals surface area contributed by atoms with Crippen molar-refractivity contribution in [1.82, 2.24) is 14.9 Å². The van der Waals surface area contributed by atoms with Gasteiger partial charge in [-0.1, -0.05) is 54.6 Å². The maximum atomic E-state index is 12.5. The number of ketones is 1. The van der Waals surface area contributed by atoms with E-state index in [2.05, 4.69) is 10.0 Å². The summed E-state index contributed by atoms with van der Waals surface area (Å²) in [4.78, 5) is 38.7. The highest BCUT2D eigenvalue weighted by Crippen LogP contribution is 2.12. The number of hydrogen-bond acceptors (Lipinski definition) is 7. The highest BCUT2D eigenvalue weighted by molar-refractivity contribution is 6.42. The van der Waals surface area contributed by atoms with Crippen molar-refractivity contribution in [2.24, 2.45) is 16.7 Å². The van der Waals surface area contributed by atoms with Crippen molar-refractivity contribution in [3.8, 4) is 0 Å². The van der Waals surface area contributed by atoms with E-state index in [-0.39, 0.29) is 11.9 Å². The molecule has 4 N–H and O–H groups in total. The summed E-state index contributed by atoms with van der Waals surface area (Å²) in [5, 5.41) is 4.99. The highest BCUT2D eigenvalue weighted by Gasteiger charge is 2.30. The van der Waals surface area contributed by atoms with Crippen LogP contribution in [0.5, 0.6) is 0 Å². The molecule has 3 rings (SSSR count). The van der Waals surface area contributed by atoms with Crippen LogP contribution in [-0.2, 0) is 4.79 Å². The van der Waals surface area contributed by atoms with Gasteiger partial charge in [0.05, 0.1) is 0 Å². The fourth-order valence-electron chi connectivity index (χ4n) is 3.25. The molecule has 9 nitrogen and oxygen atoms in total. The second-order valence-corrected chi connectivity index (χ2v) is 7.60. The minimum atomic E-state index is -0.510. The highest BCUT2D eigenvalue weighted by atomic mass is 16.2. The third-order valence-corrected chi connectivity index (χ3v) is 4.93. The molecular weight excluding hydrogens is 408 g/mol. The Labute approximate surface area is 188 Å². The Morgan fingerprint density at radius 2 is 1.66 bits per heavy atom. The molecule has 0 spiro atoms. The topological polar surface area (TPSA) is 125 Å². The largest absolute Gasteiger partial charge is 0.382 e. The van der Waals surface area contributed by atoms with Gasteiger partial charge in [-0.2, -0.15) is 0 Å². The summed E-state index contributed by atoms with van der Waals surface area (Å²) < 4.78 is 0. The molecule has 1 amide bonds. The first-order chi connectivity index (χ1) is 15.2. The van der Waals surface area contributed by atoms with Gasteiger partial charge in [0.1, 0.15) is 6.29 Å². The molecule has 32 heavy (non-hydrogen) atoms. The maximum absolute atomic E-state index is 12.5. The van der Waals surface area contributed by atoms with Gasteiger partial charge in [-0.15, -0.1) is 5.10 Å². The third-order valence-electron chi connectivity index (χ3n) is 4.93. The van der Waals surface area contributed by atoms with Gasteiger partial charge < -0.3 is 15.5 Å². The summed E-state index contributed by atoms with van der Waals surface area (Å²) in [6, 6.07) is 15.6. The number of nitrogens with zero attached hydrogens (tertiary/aromatic N) is 4. The molecule has 0 bridgehead atoms. The Morgan fingerprint density at radius 1 is 1.06 bits per heavy atom. The quantitative estimate of drug-likeness (QED) is 0.135. The number of likely N-dealkylation sites (N-methyl/N-ethyl adjacent to an activating group) is 1. The van der Waals surface area contributed by atoms with Crippen LogP contribution in [0.2, 0.25) is 0 Å². The zero-order valence-electron chi connectivity index (χ0n) is 18.6. The summed E-state index contributed by atoms with van der Waals surface area (Å²) in [5.74, 6) is 4.67. The zero-order valence-corrected chi connectivity index (χ0v) is 18.6. The summed E-state index contributed by atoms with van der Waals surface area (Å²) >= 11 is 0. The van der Waals surface area contributed by atoms with Crippen molar-refractivity contribution in [3.63, 3.8) is 0 Å². The number of rotatable bonds is 5. The second-order valence-electron chi connectivity index (χ2n) is 7.60. The Balaban J connectivity index is 0.000000380. The van der Waals surface area contributed by atoms with Crippen molar-refractivity contribution in [3.05, 3.63) is 71.3 Å². The molecule has 0 radical (unpaired) electrons. The first-order valence-electron chi connectivity index (χ1n) is 10.2. The first-order valence-corrected chi connectivity index (χ1v) is 10.2. The summed E-state index contributed by atoms with van der Waals surface area (Å²) in [7, 11) is 3.56. The standard InChI is InChI=1S/C16H24N6O2.C7H6O/c1-11-10-20(2)8-9-22(11)16(24)14(23)12-4-6-13(7-5-12)15(17)19-21(3)18;8-6-7-4-2-1-3-5-7/h4-7,11H,8-10,18H2,1-3H3,(H2,17,19);1-6H. The summed E-state index contributed by atoms with van der Waals surface area (Å²) in [5.41, 5.74) is 7.49. The van der Waals surface area contributed by atoms with Gasteiger partial charge in [-0.25, -0.2) is 11.0 Å². The molecule has 1 fully saturated rings. The smallest absolute Gasteiger partial charge is 0.295 e. The number of carbonyl (C=O) groups excluding carboxylic acids is 3. The van der Waals surface area contributed by atoms with Crippen LogP contribution < -0.4 is 11.6 Å². The number of hydrazine groups is 1. The van der Waals surface area contributed by atoms with Crippen LogP contribution in [0.3, 0.4) is 0 Å². The van der Waals surface area contributed by atoms with Gasteiger partial charge in [0, 0.05) is 49.4 Å². The number of piperazine rings is 1. The Kier molecular flexibility index (Phi) is 9.06. The average Bonchev–Trinajstić information content (AvgIpc) is 2.79. The molecule has 1 aliphatic heterocycles. The van der Waals surface area contributed by atoms with Crippen molar-refractivity contribution < 1.29 is 14.4 Å². The van der Waals surface area contributed by atoms with Crippen LogP contribution in [0.25, 0.3) is 0 Å². The number of hydrogen-bond donors (Lipinski definition) is 2. The number of carbonyl (C=O) groups is 3. The predicted octanol–water partition coefficient (Wildman–Crippen LogP) is 0.957. The molecule has 170 valence electrons. The number of Topliss-reactive ketones (excluding diaryl/α,β-unsaturated/α-hetero) is 1. The molecule has 1 atom stereocenters. The molecule has 0 aliphatic carbocycles. The lowest BCUT2D eigenvalue weighted by Gasteiger charge is -2.37. The Bertz CT molecular complexity index is 944. The predicted molar refractivity (Wildman–Crippen MR) is 124 cm³/mol. The minimum Gasteiger partial charge on any atom is -0.382 e. The fourth-order valence-corrected chi connectivity index (χ4v) is 3.25. The van der Waals surface area contributed by atoms with E-state index in [9.17, 15) is 14.4 Å². The fraction of sp³-hybridized carbons (Fsp3) is 0.304. The monoisotopic (exact) mass is 438 g/mol. The van der Waals surface area contributed by atoms with E-state index in [1.54, 1.807) is 48.3 Å². The molecule has 1 heterocycles. The molecule has 2 aromatic rings. The maximum Gasteiger partial charge on any atom is 0.295 e. The number of aldehydes is 1. The lowest BCUT2D eigenvalue weighted by molar-refractivity contribution is -0.130. The first kappa shape index (κ1) is 24.7. The molecule has 0 saturated carbocycles. The van der Waals surface area contributed by atoms with Gasteiger partial charge >= 0.3 is 0 Å². The zero-order chi connectivity index (χ0) is 23.7. The van der Waals surface area contributed by atoms with Gasteiger partial charge in [0.15, 0.2) is 5.84 Å². The summed E-state index contributed by atoms with van der Waals surface area (Å²) in [6.07, 6.45) is 0.833.